The lowest BCUT2D eigenvalue weighted by molar-refractivity contribution is -0.118. The van der Waals surface area contributed by atoms with Gasteiger partial charge in [0.15, 0.2) is 11.0 Å². The Hall–Kier alpha value is -1.20. The van der Waals surface area contributed by atoms with E-state index in [2.05, 4.69) is 20.8 Å². The molecule has 0 atom stereocenters. The molecule has 1 aliphatic carbocycles. The van der Waals surface area contributed by atoms with E-state index in [-0.39, 0.29) is 11.4 Å². The lowest BCUT2D eigenvalue weighted by atomic mass is 9.79. The van der Waals surface area contributed by atoms with Gasteiger partial charge in [-0.2, -0.15) is 0 Å². The van der Waals surface area contributed by atoms with Gasteiger partial charge in [-0.05, 0) is 32.0 Å². The van der Waals surface area contributed by atoms with Crippen molar-refractivity contribution in [3.63, 3.8) is 0 Å². The van der Waals surface area contributed by atoms with Crippen LogP contribution in [0.25, 0.3) is 0 Å². The van der Waals surface area contributed by atoms with Crippen LogP contribution in [-0.2, 0) is 4.79 Å². The zero-order valence-corrected chi connectivity index (χ0v) is 11.8. The zero-order valence-electron chi connectivity index (χ0n) is 11.1. The van der Waals surface area contributed by atoms with E-state index >= 15 is 0 Å². The monoisotopic (exact) mass is 282 g/mol. The first-order chi connectivity index (χ1) is 9.13. The Morgan fingerprint density at radius 3 is 2.63 bits per heavy atom. The number of nitrogens with zero attached hydrogens (tertiary/aromatic N) is 2. The number of carbonyl (C=O) groups excluding carboxylic acids is 1. The number of hydrogen-bond acceptors (Lipinski definition) is 4. The van der Waals surface area contributed by atoms with Crippen molar-refractivity contribution in [2.45, 2.75) is 44.1 Å². The second-order valence-electron chi connectivity index (χ2n) is 5.06. The minimum atomic E-state index is -0.0673. The van der Waals surface area contributed by atoms with Gasteiger partial charge in [-0.1, -0.05) is 30.9 Å². The highest BCUT2D eigenvalue weighted by molar-refractivity contribution is 6.29. The van der Waals surface area contributed by atoms with Gasteiger partial charge in [0.05, 0.1) is 0 Å². The summed E-state index contributed by atoms with van der Waals surface area (Å²) in [5.74, 6) is 0.407. The summed E-state index contributed by atoms with van der Waals surface area (Å²) in [7, 11) is 1.93. The Morgan fingerprint density at radius 1 is 1.32 bits per heavy atom. The molecule has 0 aromatic carbocycles. The number of nitrogens with one attached hydrogen (secondary N) is 2. The minimum absolute atomic E-state index is 0.0344. The maximum atomic E-state index is 12.1. The van der Waals surface area contributed by atoms with Crippen molar-refractivity contribution >= 4 is 23.3 Å². The maximum absolute atomic E-state index is 12.1. The standard InChI is InChI=1S/C13H19ClN4O/c1-15-13(7-3-2-4-8-13)9-12(19)16-11-6-5-10(14)17-18-11/h5-6,15H,2-4,7-9H2,1H3,(H,16,18,19). The van der Waals surface area contributed by atoms with Crippen molar-refractivity contribution in [3.8, 4) is 0 Å². The molecule has 0 spiro atoms. The molecule has 1 aliphatic rings. The van der Waals surface area contributed by atoms with Crippen LogP contribution in [0.2, 0.25) is 5.15 Å². The molecule has 0 saturated heterocycles. The van der Waals surface area contributed by atoms with Crippen LogP contribution in [0.1, 0.15) is 38.5 Å². The third-order valence-corrected chi connectivity index (χ3v) is 3.94. The molecule has 1 amide bonds. The van der Waals surface area contributed by atoms with Gasteiger partial charge in [-0.25, -0.2) is 0 Å². The van der Waals surface area contributed by atoms with E-state index in [1.165, 1.54) is 19.3 Å². The second kappa shape index (κ2) is 6.30. The summed E-state index contributed by atoms with van der Waals surface area (Å²) in [5.41, 5.74) is -0.0673. The van der Waals surface area contributed by atoms with Crippen LogP contribution in [0, 0.1) is 0 Å². The van der Waals surface area contributed by atoms with E-state index in [1.807, 2.05) is 7.05 Å². The summed E-state index contributed by atoms with van der Waals surface area (Å²) in [6, 6.07) is 3.26. The fourth-order valence-electron chi connectivity index (χ4n) is 2.62. The summed E-state index contributed by atoms with van der Waals surface area (Å²) >= 11 is 5.65. The smallest absolute Gasteiger partial charge is 0.227 e. The van der Waals surface area contributed by atoms with Gasteiger partial charge < -0.3 is 10.6 Å². The van der Waals surface area contributed by atoms with E-state index in [9.17, 15) is 4.79 Å². The molecule has 0 unspecified atom stereocenters. The number of halogens is 1. The largest absolute Gasteiger partial charge is 0.314 e. The number of aromatic nitrogens is 2. The molecule has 1 fully saturated rings. The summed E-state index contributed by atoms with van der Waals surface area (Å²) in [6.07, 6.45) is 6.16. The lowest BCUT2D eigenvalue weighted by Crippen LogP contribution is -2.47. The summed E-state index contributed by atoms with van der Waals surface area (Å²) < 4.78 is 0. The first-order valence-corrected chi connectivity index (χ1v) is 6.99. The Balaban J connectivity index is 1.94. The molecule has 0 radical (unpaired) electrons. The molecule has 104 valence electrons. The first-order valence-electron chi connectivity index (χ1n) is 6.62. The minimum Gasteiger partial charge on any atom is -0.314 e. The van der Waals surface area contributed by atoms with Crippen molar-refractivity contribution in [2.24, 2.45) is 0 Å². The second-order valence-corrected chi connectivity index (χ2v) is 5.44. The molecule has 19 heavy (non-hydrogen) atoms. The molecule has 1 aromatic heterocycles. The van der Waals surface area contributed by atoms with E-state index in [4.69, 9.17) is 11.6 Å². The Morgan fingerprint density at radius 2 is 2.05 bits per heavy atom. The fraction of sp³-hybridized carbons (Fsp3) is 0.615. The molecule has 6 heteroatoms. The van der Waals surface area contributed by atoms with E-state index in [1.54, 1.807) is 12.1 Å². The zero-order chi connectivity index (χ0) is 13.7. The van der Waals surface area contributed by atoms with Crippen LogP contribution in [0.3, 0.4) is 0 Å². The van der Waals surface area contributed by atoms with Crippen molar-refractivity contribution in [2.75, 3.05) is 12.4 Å². The van der Waals surface area contributed by atoms with Crippen LogP contribution in [0.15, 0.2) is 12.1 Å². The van der Waals surface area contributed by atoms with Gasteiger partial charge in [0.25, 0.3) is 0 Å². The third kappa shape index (κ3) is 3.88. The quantitative estimate of drug-likeness (QED) is 0.890. The van der Waals surface area contributed by atoms with E-state index in [0.717, 1.165) is 12.8 Å². The Labute approximate surface area is 118 Å². The molecule has 1 heterocycles. The summed E-state index contributed by atoms with van der Waals surface area (Å²) in [5, 5.41) is 13.9. The third-order valence-electron chi connectivity index (χ3n) is 3.74. The van der Waals surface area contributed by atoms with Crippen LogP contribution in [-0.4, -0.2) is 28.7 Å². The molecule has 5 nitrogen and oxygen atoms in total. The van der Waals surface area contributed by atoms with Gasteiger partial charge in [0, 0.05) is 12.0 Å². The average molecular weight is 283 g/mol. The van der Waals surface area contributed by atoms with Gasteiger partial charge in [-0.15, -0.1) is 10.2 Å². The summed E-state index contributed by atoms with van der Waals surface area (Å²) in [4.78, 5) is 12.1. The number of amides is 1. The molecule has 2 rings (SSSR count). The van der Waals surface area contributed by atoms with Crippen LogP contribution in [0.5, 0.6) is 0 Å². The maximum Gasteiger partial charge on any atom is 0.227 e. The van der Waals surface area contributed by atoms with Crippen molar-refractivity contribution < 1.29 is 4.79 Å². The molecule has 2 N–H and O–H groups in total. The van der Waals surface area contributed by atoms with E-state index < -0.39 is 0 Å². The van der Waals surface area contributed by atoms with Crippen molar-refractivity contribution in [3.05, 3.63) is 17.3 Å². The van der Waals surface area contributed by atoms with Gasteiger partial charge in [-0.3, -0.25) is 4.79 Å². The molecule has 1 saturated carbocycles. The number of anilines is 1. The molecular weight excluding hydrogens is 264 g/mol. The normalized spacial score (nSPS) is 18.0. The van der Waals surface area contributed by atoms with Gasteiger partial charge >= 0.3 is 0 Å². The molecule has 1 aromatic rings. The van der Waals surface area contributed by atoms with Crippen LogP contribution < -0.4 is 10.6 Å². The number of carbonyl (C=O) groups is 1. The fourth-order valence-corrected chi connectivity index (χ4v) is 2.72. The highest BCUT2D eigenvalue weighted by Crippen LogP contribution is 2.30. The van der Waals surface area contributed by atoms with Crippen LogP contribution in [0.4, 0.5) is 5.82 Å². The highest BCUT2D eigenvalue weighted by atomic mass is 35.5. The van der Waals surface area contributed by atoms with Gasteiger partial charge in [0.2, 0.25) is 5.91 Å². The Bertz CT molecular complexity index is 429. The first kappa shape index (κ1) is 14.2. The lowest BCUT2D eigenvalue weighted by Gasteiger charge is -2.36. The molecule has 0 aliphatic heterocycles. The van der Waals surface area contributed by atoms with E-state index in [0.29, 0.717) is 17.4 Å². The summed E-state index contributed by atoms with van der Waals surface area (Å²) in [6.45, 7) is 0. The SMILES string of the molecule is CNC1(CC(=O)Nc2ccc(Cl)nn2)CCCCC1. The predicted octanol–water partition coefficient (Wildman–Crippen LogP) is 2.38. The van der Waals surface area contributed by atoms with Crippen molar-refractivity contribution in [1.82, 2.24) is 15.5 Å². The average Bonchev–Trinajstić information content (AvgIpc) is 2.42. The molecule has 0 bridgehead atoms. The Kier molecular flexibility index (Phi) is 4.71. The topological polar surface area (TPSA) is 66.9 Å². The number of hydrogen-bond donors (Lipinski definition) is 2. The van der Waals surface area contributed by atoms with Gasteiger partial charge in [0.1, 0.15) is 0 Å². The predicted molar refractivity (Wildman–Crippen MR) is 75.2 cm³/mol. The molecular formula is C13H19ClN4O. The highest BCUT2D eigenvalue weighted by Gasteiger charge is 2.32. The van der Waals surface area contributed by atoms with Crippen LogP contribution >= 0.6 is 11.6 Å². The van der Waals surface area contributed by atoms with Crippen molar-refractivity contribution in [1.29, 1.82) is 0 Å². The number of rotatable bonds is 4.